The summed E-state index contributed by atoms with van der Waals surface area (Å²) in [6, 6.07) is 25.0. The molecule has 0 fully saturated rings. The Bertz CT molecular complexity index is 2230. The molecule has 0 unspecified atom stereocenters. The first kappa shape index (κ1) is 38.7. The van der Waals surface area contributed by atoms with Crippen LogP contribution in [0.1, 0.15) is 125 Å². The summed E-state index contributed by atoms with van der Waals surface area (Å²) in [7, 11) is 0. The Labute approximate surface area is 346 Å². The minimum absolute atomic E-state index is 0.295. The summed E-state index contributed by atoms with van der Waals surface area (Å²) in [6.45, 7) is 4.61. The van der Waals surface area contributed by atoms with Gasteiger partial charge in [0.1, 0.15) is 0 Å². The Kier molecular flexibility index (Phi) is 14.3. The molecule has 0 bridgehead atoms. The number of hydrogen-bond acceptors (Lipinski definition) is 0. The van der Waals surface area contributed by atoms with Crippen LogP contribution in [0.4, 0.5) is 0 Å². The molecular weight excluding hydrogens is 996 g/mol. The molecule has 0 N–H and O–H groups in total. The predicted molar refractivity (Wildman–Crippen MR) is 243 cm³/mol. The van der Waals surface area contributed by atoms with Crippen molar-refractivity contribution in [3.63, 3.8) is 0 Å². The van der Waals surface area contributed by atoms with Gasteiger partial charge in [-0.3, -0.25) is 0 Å². The van der Waals surface area contributed by atoms with E-state index in [2.05, 4.69) is 113 Å². The number of unbranched alkanes of at least 4 members (excludes halogenated alkanes) is 14. The summed E-state index contributed by atoms with van der Waals surface area (Å²) in [5.74, 6) is 0. The van der Waals surface area contributed by atoms with Gasteiger partial charge in [-0.2, -0.15) is 0 Å². The van der Waals surface area contributed by atoms with Crippen LogP contribution in [0.3, 0.4) is 0 Å². The maximum absolute atomic E-state index is 4.05. The van der Waals surface area contributed by atoms with Gasteiger partial charge in [0.15, 0.2) is 0 Å². The van der Waals surface area contributed by atoms with E-state index in [4.69, 9.17) is 0 Å². The van der Waals surface area contributed by atoms with E-state index in [1.54, 1.807) is 21.7 Å². The summed E-state index contributed by atoms with van der Waals surface area (Å²) >= 11 is 7.97. The number of rotatable bonds is 19. The van der Waals surface area contributed by atoms with Gasteiger partial charge in [0.2, 0.25) is 0 Å². The van der Waals surface area contributed by atoms with Crippen LogP contribution in [0, 0.1) is 3.57 Å². The molecule has 0 nitrogen and oxygen atoms in total. The van der Waals surface area contributed by atoms with Crippen LogP contribution in [0.2, 0.25) is 0 Å². The van der Waals surface area contributed by atoms with Crippen LogP contribution in [-0.4, -0.2) is 43.5 Å². The van der Waals surface area contributed by atoms with E-state index in [0.717, 1.165) is 0 Å². The van der Waals surface area contributed by atoms with Crippen LogP contribution in [0.25, 0.3) is 60.5 Å². The van der Waals surface area contributed by atoms with Gasteiger partial charge in [-0.05, 0) is 0 Å². The van der Waals surface area contributed by atoms with E-state index in [-0.39, 0.29) is 0 Å². The van der Waals surface area contributed by atoms with Gasteiger partial charge in [-0.25, -0.2) is 0 Å². The van der Waals surface area contributed by atoms with Crippen molar-refractivity contribution in [1.29, 1.82) is 0 Å². The topological polar surface area (TPSA) is 0 Å². The molecule has 268 valence electrons. The standard InChI is InChI=1S/C46H52BrISe3/c1-3-5-7-9-11-13-15-17-19-37-23-35-21-31-25-39(41(47)27-33(31)28-42(35)49-37)46-45(48)40-26-32-22-36-24-38(20-18-16-14-12-10-8-6-4-2)50-43(36)29-34(32)30-44(40)51-46/h21-30H,3-20H2,1-2H3. The van der Waals surface area contributed by atoms with Gasteiger partial charge in [-0.15, -0.1) is 0 Å². The molecule has 51 heavy (non-hydrogen) atoms. The van der Waals surface area contributed by atoms with E-state index in [1.807, 2.05) is 0 Å². The third-order valence-electron chi connectivity index (χ3n) is 10.7. The minimum atomic E-state index is 0.295. The van der Waals surface area contributed by atoms with Crippen molar-refractivity contribution in [2.45, 2.75) is 129 Å². The Hall–Kier alpha value is -0.612. The molecular formula is C46H52BrISe3. The molecule has 0 aliphatic rings. The summed E-state index contributed by atoms with van der Waals surface area (Å²) < 4.78 is 12.3. The molecule has 7 rings (SSSR count). The van der Waals surface area contributed by atoms with Crippen molar-refractivity contribution in [1.82, 2.24) is 0 Å². The first-order valence-electron chi connectivity index (χ1n) is 19.7. The fourth-order valence-corrected chi connectivity index (χ4v) is 17.5. The summed E-state index contributed by atoms with van der Waals surface area (Å²) in [5, 5.41) is 10.0. The average Bonchev–Trinajstić information content (AvgIpc) is 3.81. The molecule has 0 saturated heterocycles. The number of halogens is 2. The zero-order chi connectivity index (χ0) is 35.2. The quantitative estimate of drug-likeness (QED) is 0.0430. The molecule has 0 atom stereocenters. The van der Waals surface area contributed by atoms with Crippen molar-refractivity contribution in [2.75, 3.05) is 0 Å². The maximum atomic E-state index is 4.05. The first-order valence-corrected chi connectivity index (χ1v) is 26.8. The van der Waals surface area contributed by atoms with E-state index in [9.17, 15) is 0 Å². The molecule has 0 saturated carbocycles. The fraction of sp³-hybridized carbons (Fsp3) is 0.435. The van der Waals surface area contributed by atoms with Crippen molar-refractivity contribution >= 4 is 133 Å². The van der Waals surface area contributed by atoms with E-state index in [1.165, 1.54) is 171 Å². The van der Waals surface area contributed by atoms with E-state index < -0.39 is 0 Å². The van der Waals surface area contributed by atoms with Crippen molar-refractivity contribution in [3.05, 3.63) is 77.6 Å². The normalized spacial score (nSPS) is 12.2. The second-order valence-electron chi connectivity index (χ2n) is 14.8. The SMILES string of the molecule is CCCCCCCCCCc1cc2cc3cc(-c4[se]c5cc6cc7[se]c(CCCCCCCCCC)cc7cc6cc5c4I)c(Br)cc3cc2[se]1. The van der Waals surface area contributed by atoms with Crippen LogP contribution in [0.15, 0.2) is 65.1 Å². The molecule has 0 aliphatic heterocycles. The number of hydrogen-bond donors (Lipinski definition) is 0. The van der Waals surface area contributed by atoms with Gasteiger partial charge in [0.05, 0.1) is 0 Å². The summed E-state index contributed by atoms with van der Waals surface area (Å²) in [5.41, 5.74) is 1.39. The number of aryl methyl sites for hydroxylation is 2. The Balaban J connectivity index is 1.06. The molecule has 3 heterocycles. The van der Waals surface area contributed by atoms with Crippen molar-refractivity contribution in [2.24, 2.45) is 0 Å². The molecule has 7 aromatic rings. The fourth-order valence-electron chi connectivity index (χ4n) is 7.73. The van der Waals surface area contributed by atoms with Crippen LogP contribution < -0.4 is 0 Å². The summed E-state index contributed by atoms with van der Waals surface area (Å²) in [4.78, 5) is 0. The van der Waals surface area contributed by atoms with Gasteiger partial charge < -0.3 is 0 Å². The summed E-state index contributed by atoms with van der Waals surface area (Å²) in [6.07, 6.45) is 25.0. The van der Waals surface area contributed by atoms with Crippen LogP contribution >= 0.6 is 38.5 Å². The van der Waals surface area contributed by atoms with E-state index in [0.29, 0.717) is 43.5 Å². The number of benzene rings is 4. The van der Waals surface area contributed by atoms with Gasteiger partial charge in [0, 0.05) is 0 Å². The Morgan fingerprint density at radius 1 is 0.451 bits per heavy atom. The third-order valence-corrected chi connectivity index (χ3v) is 20.6. The molecule has 3 aromatic heterocycles. The Morgan fingerprint density at radius 3 is 1.45 bits per heavy atom. The van der Waals surface area contributed by atoms with Crippen LogP contribution in [0.5, 0.6) is 0 Å². The van der Waals surface area contributed by atoms with Gasteiger partial charge in [0.25, 0.3) is 0 Å². The van der Waals surface area contributed by atoms with Crippen molar-refractivity contribution < 1.29 is 0 Å². The molecule has 0 aliphatic carbocycles. The van der Waals surface area contributed by atoms with Gasteiger partial charge in [-0.1, -0.05) is 0 Å². The zero-order valence-electron chi connectivity index (χ0n) is 30.5. The monoisotopic (exact) mass is 1050 g/mol. The molecule has 0 radical (unpaired) electrons. The van der Waals surface area contributed by atoms with E-state index >= 15 is 0 Å². The zero-order valence-corrected chi connectivity index (χ0v) is 39.4. The molecule has 0 amide bonds. The third kappa shape index (κ3) is 9.62. The molecule has 0 spiro atoms. The average molecular weight is 1050 g/mol. The predicted octanol–water partition coefficient (Wildman–Crippen LogP) is 15.0. The molecule has 5 heteroatoms. The van der Waals surface area contributed by atoms with Gasteiger partial charge >= 0.3 is 350 Å². The second kappa shape index (κ2) is 18.8. The second-order valence-corrected chi connectivity index (χ2v) is 23.8. The van der Waals surface area contributed by atoms with Crippen LogP contribution in [-0.2, 0) is 12.8 Å². The molecule has 4 aromatic carbocycles. The first-order chi connectivity index (χ1) is 25.0. The Morgan fingerprint density at radius 2 is 0.902 bits per heavy atom. The van der Waals surface area contributed by atoms with Crippen molar-refractivity contribution in [3.8, 4) is 10.0 Å². The number of fused-ring (bicyclic) bond motifs is 5.